The first-order valence-corrected chi connectivity index (χ1v) is 9.31. The Balaban J connectivity index is 1.44. The number of aromatic nitrogens is 6. The predicted octanol–water partition coefficient (Wildman–Crippen LogP) is 3.07. The molecule has 0 radical (unpaired) electrons. The van der Waals surface area contributed by atoms with E-state index in [4.69, 9.17) is 0 Å². The van der Waals surface area contributed by atoms with Gasteiger partial charge >= 0.3 is 0 Å². The molecule has 0 aliphatic heterocycles. The molecule has 10 heteroatoms. The van der Waals surface area contributed by atoms with Gasteiger partial charge < -0.3 is 0 Å². The number of aromatic amines is 1. The van der Waals surface area contributed by atoms with Crippen LogP contribution >= 0.6 is 0 Å². The third kappa shape index (κ3) is 3.11. The van der Waals surface area contributed by atoms with Crippen molar-refractivity contribution in [3.8, 4) is 17.2 Å². The zero-order chi connectivity index (χ0) is 20.7. The van der Waals surface area contributed by atoms with Gasteiger partial charge in [-0.25, -0.2) is 13.5 Å². The molecule has 3 heterocycles. The number of amides is 1. The van der Waals surface area contributed by atoms with Crippen LogP contribution in [-0.4, -0.2) is 35.9 Å². The standard InChI is InChI=1S/C20H15F2N7O/c21-13-8-7-11(10-14(13)22)29-16-6-3-4-12(16)17(28-29)19(30)25-20-24-18(26-27-20)15-5-1-2-9-23-15/h1-2,5,7-10H,3-4,6H2,(H2,24,25,26,27,30). The van der Waals surface area contributed by atoms with E-state index in [1.807, 2.05) is 6.07 Å². The summed E-state index contributed by atoms with van der Waals surface area (Å²) in [5.74, 6) is -1.86. The van der Waals surface area contributed by atoms with E-state index in [1.54, 1.807) is 18.3 Å². The van der Waals surface area contributed by atoms with Gasteiger partial charge in [0.2, 0.25) is 5.95 Å². The van der Waals surface area contributed by atoms with Crippen molar-refractivity contribution >= 4 is 11.9 Å². The number of benzene rings is 1. The van der Waals surface area contributed by atoms with Crippen molar-refractivity contribution in [3.63, 3.8) is 0 Å². The zero-order valence-corrected chi connectivity index (χ0v) is 15.6. The number of fused-ring (bicyclic) bond motifs is 1. The number of H-pyrrole nitrogens is 1. The van der Waals surface area contributed by atoms with E-state index < -0.39 is 17.5 Å². The fourth-order valence-electron chi connectivity index (χ4n) is 3.55. The van der Waals surface area contributed by atoms with Gasteiger partial charge in [0.25, 0.3) is 5.91 Å². The molecular formula is C20H15F2N7O. The van der Waals surface area contributed by atoms with Crippen molar-refractivity contribution in [2.45, 2.75) is 19.3 Å². The van der Waals surface area contributed by atoms with Crippen LogP contribution in [0.1, 0.15) is 28.2 Å². The monoisotopic (exact) mass is 407 g/mol. The van der Waals surface area contributed by atoms with E-state index in [2.05, 4.69) is 30.6 Å². The molecule has 0 saturated heterocycles. The highest BCUT2D eigenvalue weighted by Crippen LogP contribution is 2.28. The fraction of sp³-hybridized carbons (Fsp3) is 0.150. The van der Waals surface area contributed by atoms with Crippen molar-refractivity contribution in [2.24, 2.45) is 0 Å². The molecule has 0 fully saturated rings. The van der Waals surface area contributed by atoms with Crippen molar-refractivity contribution in [1.29, 1.82) is 0 Å². The summed E-state index contributed by atoms with van der Waals surface area (Å²) in [5.41, 5.74) is 2.78. The highest BCUT2D eigenvalue weighted by molar-refractivity contribution is 6.03. The second-order valence-corrected chi connectivity index (χ2v) is 6.81. The number of halogens is 2. The summed E-state index contributed by atoms with van der Waals surface area (Å²) in [5, 5.41) is 13.7. The average molecular weight is 407 g/mol. The molecule has 0 spiro atoms. The predicted molar refractivity (Wildman–Crippen MR) is 103 cm³/mol. The molecule has 1 amide bonds. The molecule has 0 unspecified atom stereocenters. The van der Waals surface area contributed by atoms with Crippen LogP contribution in [0.4, 0.5) is 14.7 Å². The normalized spacial score (nSPS) is 12.7. The Labute approximate surface area is 169 Å². The van der Waals surface area contributed by atoms with Crippen molar-refractivity contribution < 1.29 is 13.6 Å². The maximum absolute atomic E-state index is 13.7. The molecule has 0 bridgehead atoms. The molecule has 150 valence electrons. The summed E-state index contributed by atoms with van der Waals surface area (Å²) >= 11 is 0. The summed E-state index contributed by atoms with van der Waals surface area (Å²) in [6.45, 7) is 0. The van der Waals surface area contributed by atoms with Crippen LogP contribution in [0.2, 0.25) is 0 Å². The first-order valence-electron chi connectivity index (χ1n) is 9.31. The lowest BCUT2D eigenvalue weighted by Crippen LogP contribution is -2.16. The number of hydrogen-bond donors (Lipinski definition) is 2. The largest absolute Gasteiger partial charge is 0.288 e. The molecular weight excluding hydrogens is 392 g/mol. The Bertz CT molecular complexity index is 1250. The minimum atomic E-state index is -0.969. The summed E-state index contributed by atoms with van der Waals surface area (Å²) in [7, 11) is 0. The maximum atomic E-state index is 13.7. The molecule has 5 rings (SSSR count). The molecule has 1 aromatic carbocycles. The number of carbonyl (C=O) groups excluding carboxylic acids is 1. The van der Waals surface area contributed by atoms with Crippen molar-refractivity contribution in [3.05, 3.63) is 71.2 Å². The fourth-order valence-corrected chi connectivity index (χ4v) is 3.55. The van der Waals surface area contributed by atoms with Crippen LogP contribution in [0.3, 0.4) is 0 Å². The summed E-state index contributed by atoms with van der Waals surface area (Å²) < 4.78 is 28.5. The van der Waals surface area contributed by atoms with Crippen molar-refractivity contribution in [1.82, 2.24) is 29.9 Å². The number of nitrogens with zero attached hydrogens (tertiary/aromatic N) is 5. The lowest BCUT2D eigenvalue weighted by Gasteiger charge is -2.05. The van der Waals surface area contributed by atoms with E-state index in [1.165, 1.54) is 10.7 Å². The number of pyridine rings is 1. The molecule has 4 aromatic rings. The molecule has 3 aromatic heterocycles. The van der Waals surface area contributed by atoms with E-state index in [0.717, 1.165) is 29.8 Å². The first kappa shape index (κ1) is 18.1. The van der Waals surface area contributed by atoms with Gasteiger partial charge in [-0.2, -0.15) is 10.1 Å². The maximum Gasteiger partial charge on any atom is 0.278 e. The third-order valence-electron chi connectivity index (χ3n) is 4.91. The minimum absolute atomic E-state index is 0.0924. The summed E-state index contributed by atoms with van der Waals surface area (Å²) in [4.78, 5) is 21.3. The molecule has 1 aliphatic rings. The Kier molecular flexibility index (Phi) is 4.31. The smallest absolute Gasteiger partial charge is 0.278 e. The van der Waals surface area contributed by atoms with Crippen LogP contribution in [0.15, 0.2) is 42.6 Å². The van der Waals surface area contributed by atoms with Gasteiger partial charge in [-0.15, -0.1) is 5.10 Å². The first-order chi connectivity index (χ1) is 14.6. The van der Waals surface area contributed by atoms with Gasteiger partial charge in [-0.3, -0.25) is 20.2 Å². The molecule has 8 nitrogen and oxygen atoms in total. The van der Waals surface area contributed by atoms with E-state index in [0.29, 0.717) is 30.0 Å². The Morgan fingerprint density at radius 2 is 2.03 bits per heavy atom. The van der Waals surface area contributed by atoms with Gasteiger partial charge in [0, 0.05) is 23.5 Å². The SMILES string of the molecule is O=C(Nc1n[nH]c(-c2ccccn2)n1)c1nn(-c2ccc(F)c(F)c2)c2c1CCC2. The zero-order valence-electron chi connectivity index (χ0n) is 15.6. The van der Waals surface area contributed by atoms with E-state index >= 15 is 0 Å². The van der Waals surface area contributed by atoms with Gasteiger partial charge in [-0.1, -0.05) is 6.07 Å². The number of hydrogen-bond acceptors (Lipinski definition) is 5. The molecule has 1 aliphatic carbocycles. The Morgan fingerprint density at radius 1 is 1.13 bits per heavy atom. The topological polar surface area (TPSA) is 101 Å². The van der Waals surface area contributed by atoms with E-state index in [9.17, 15) is 13.6 Å². The van der Waals surface area contributed by atoms with Gasteiger partial charge in [0.1, 0.15) is 5.69 Å². The average Bonchev–Trinajstić information content (AvgIpc) is 3.47. The van der Waals surface area contributed by atoms with Gasteiger partial charge in [0.15, 0.2) is 23.2 Å². The third-order valence-corrected chi connectivity index (χ3v) is 4.91. The second kappa shape index (κ2) is 7.14. The Morgan fingerprint density at radius 3 is 2.83 bits per heavy atom. The number of nitrogens with one attached hydrogen (secondary N) is 2. The Hall–Kier alpha value is -3.95. The number of anilines is 1. The van der Waals surface area contributed by atoms with Gasteiger partial charge in [-0.05, 0) is 43.5 Å². The summed E-state index contributed by atoms with van der Waals surface area (Å²) in [6, 6.07) is 8.91. The van der Waals surface area contributed by atoms with Crippen molar-refractivity contribution in [2.75, 3.05) is 5.32 Å². The lowest BCUT2D eigenvalue weighted by molar-refractivity contribution is 0.102. The van der Waals surface area contributed by atoms with Crippen LogP contribution in [-0.2, 0) is 12.8 Å². The lowest BCUT2D eigenvalue weighted by atomic mass is 10.2. The highest BCUT2D eigenvalue weighted by atomic mass is 19.2. The molecule has 0 atom stereocenters. The van der Waals surface area contributed by atoms with Crippen LogP contribution in [0, 0.1) is 11.6 Å². The molecule has 30 heavy (non-hydrogen) atoms. The van der Waals surface area contributed by atoms with Crippen LogP contribution in [0.25, 0.3) is 17.2 Å². The number of carbonyl (C=O) groups is 1. The van der Waals surface area contributed by atoms with E-state index in [-0.39, 0.29) is 11.6 Å². The molecule has 0 saturated carbocycles. The van der Waals surface area contributed by atoms with Crippen LogP contribution in [0.5, 0.6) is 0 Å². The quantitative estimate of drug-likeness (QED) is 0.541. The second-order valence-electron chi connectivity index (χ2n) is 6.81. The van der Waals surface area contributed by atoms with Crippen LogP contribution < -0.4 is 5.32 Å². The number of rotatable bonds is 4. The minimum Gasteiger partial charge on any atom is -0.288 e. The van der Waals surface area contributed by atoms with Gasteiger partial charge in [0.05, 0.1) is 5.69 Å². The highest BCUT2D eigenvalue weighted by Gasteiger charge is 2.28. The summed E-state index contributed by atoms with van der Waals surface area (Å²) in [6.07, 6.45) is 3.85. The molecule has 2 N–H and O–H groups in total.